The Labute approximate surface area is 305 Å². The number of fused-ring (bicyclic) bond motifs is 9. The molecule has 4 heteroatoms. The lowest BCUT2D eigenvalue weighted by Gasteiger charge is -2.13. The van der Waals surface area contributed by atoms with E-state index in [0.29, 0.717) is 5.69 Å². The molecular formula is C49H30N4. The zero-order valence-electron chi connectivity index (χ0n) is 28.6. The van der Waals surface area contributed by atoms with Gasteiger partial charge in [0, 0.05) is 49.5 Å². The molecule has 0 saturated carbocycles. The van der Waals surface area contributed by atoms with E-state index in [4.69, 9.17) is 6.57 Å². The molecule has 0 bridgehead atoms. The van der Waals surface area contributed by atoms with E-state index in [0.717, 1.165) is 50.0 Å². The lowest BCUT2D eigenvalue weighted by atomic mass is 10.0. The predicted octanol–water partition coefficient (Wildman–Crippen LogP) is 13.2. The Kier molecular flexibility index (Phi) is 6.28. The predicted molar refractivity (Wildman–Crippen MR) is 221 cm³/mol. The molecule has 11 rings (SSSR count). The summed E-state index contributed by atoms with van der Waals surface area (Å²) in [7, 11) is 0. The summed E-state index contributed by atoms with van der Waals surface area (Å²) < 4.78 is 7.07. The van der Waals surface area contributed by atoms with Gasteiger partial charge in [0.05, 0.1) is 34.2 Å². The van der Waals surface area contributed by atoms with Gasteiger partial charge in [-0.3, -0.25) is 0 Å². The van der Waals surface area contributed by atoms with Crippen LogP contribution in [0.5, 0.6) is 0 Å². The van der Waals surface area contributed by atoms with Gasteiger partial charge in [0.1, 0.15) is 0 Å². The largest absolute Gasteiger partial charge is 0.311 e. The molecule has 53 heavy (non-hydrogen) atoms. The highest BCUT2D eigenvalue weighted by atomic mass is 15.0. The summed E-state index contributed by atoms with van der Waals surface area (Å²) in [6, 6.07) is 65.0. The van der Waals surface area contributed by atoms with Gasteiger partial charge in [-0.2, -0.15) is 0 Å². The number of nitrogens with zero attached hydrogens (tertiary/aromatic N) is 4. The van der Waals surface area contributed by atoms with Crippen molar-refractivity contribution < 1.29 is 0 Å². The number of rotatable bonds is 4. The second-order valence-electron chi connectivity index (χ2n) is 13.7. The van der Waals surface area contributed by atoms with E-state index >= 15 is 0 Å². The van der Waals surface area contributed by atoms with Crippen LogP contribution in [-0.2, 0) is 0 Å². The molecule has 246 valence electrons. The number of para-hydroxylation sites is 4. The van der Waals surface area contributed by atoms with Gasteiger partial charge in [-0.15, -0.1) is 0 Å². The van der Waals surface area contributed by atoms with Crippen molar-refractivity contribution in [1.29, 1.82) is 0 Å². The highest BCUT2D eigenvalue weighted by Crippen LogP contribution is 2.40. The summed E-state index contributed by atoms with van der Waals surface area (Å²) in [5.41, 5.74) is 13.2. The molecule has 0 N–H and O–H groups in total. The van der Waals surface area contributed by atoms with Crippen LogP contribution in [0.25, 0.3) is 98.5 Å². The van der Waals surface area contributed by atoms with Crippen LogP contribution in [0, 0.1) is 6.57 Å². The van der Waals surface area contributed by atoms with Gasteiger partial charge in [-0.05, 0) is 89.3 Å². The summed E-state index contributed by atoms with van der Waals surface area (Å²) in [6.45, 7) is 7.86. The SMILES string of the molecule is [C-]#[N+]c1cccc2c1c1ccccc1n2-c1cccc(-c2cccc(-n3c4ccccc4c4cc(-n5c6ccccc6c6ccccc65)ccc43)c2)c1. The minimum atomic E-state index is 0.676. The monoisotopic (exact) mass is 674 g/mol. The maximum atomic E-state index is 7.86. The first-order valence-electron chi connectivity index (χ1n) is 17.9. The van der Waals surface area contributed by atoms with Gasteiger partial charge in [-0.1, -0.05) is 109 Å². The van der Waals surface area contributed by atoms with Crippen LogP contribution in [-0.4, -0.2) is 13.7 Å². The van der Waals surface area contributed by atoms with Crippen molar-refractivity contribution in [3.8, 4) is 28.2 Å². The zero-order chi connectivity index (χ0) is 35.0. The highest BCUT2D eigenvalue weighted by molar-refractivity contribution is 6.15. The smallest absolute Gasteiger partial charge is 0.197 e. The van der Waals surface area contributed by atoms with Gasteiger partial charge < -0.3 is 13.7 Å². The third-order valence-corrected chi connectivity index (χ3v) is 10.8. The minimum absolute atomic E-state index is 0.676. The number of benzene rings is 8. The molecule has 8 aromatic carbocycles. The normalized spacial score (nSPS) is 11.8. The van der Waals surface area contributed by atoms with Crippen molar-refractivity contribution in [3.05, 3.63) is 193 Å². The Hall–Kier alpha value is -7.35. The molecule has 0 amide bonds. The maximum Gasteiger partial charge on any atom is 0.197 e. The molecule has 0 atom stereocenters. The van der Waals surface area contributed by atoms with Crippen LogP contribution in [0.2, 0.25) is 0 Å². The van der Waals surface area contributed by atoms with Crippen LogP contribution < -0.4 is 0 Å². The van der Waals surface area contributed by atoms with Gasteiger partial charge in [0.2, 0.25) is 0 Å². The molecule has 0 fully saturated rings. The molecular weight excluding hydrogens is 645 g/mol. The Balaban J connectivity index is 1.07. The summed E-state index contributed by atoms with van der Waals surface area (Å²) in [4.78, 5) is 3.87. The van der Waals surface area contributed by atoms with Crippen molar-refractivity contribution in [2.24, 2.45) is 0 Å². The summed E-state index contributed by atoms with van der Waals surface area (Å²) >= 11 is 0. The fourth-order valence-electron chi connectivity index (χ4n) is 8.60. The van der Waals surface area contributed by atoms with Gasteiger partial charge in [-0.25, -0.2) is 4.85 Å². The molecule has 3 heterocycles. The molecule has 4 nitrogen and oxygen atoms in total. The van der Waals surface area contributed by atoms with E-state index in [9.17, 15) is 0 Å². The first-order valence-corrected chi connectivity index (χ1v) is 17.9. The Morgan fingerprint density at radius 2 is 0.736 bits per heavy atom. The molecule has 0 radical (unpaired) electrons. The van der Waals surface area contributed by atoms with E-state index in [1.54, 1.807) is 0 Å². The average molecular weight is 675 g/mol. The van der Waals surface area contributed by atoms with Crippen molar-refractivity contribution in [3.63, 3.8) is 0 Å². The lowest BCUT2D eigenvalue weighted by Crippen LogP contribution is -1.96. The van der Waals surface area contributed by atoms with Crippen LogP contribution in [0.1, 0.15) is 0 Å². The van der Waals surface area contributed by atoms with E-state index in [-0.39, 0.29) is 0 Å². The zero-order valence-corrected chi connectivity index (χ0v) is 28.6. The summed E-state index contributed by atoms with van der Waals surface area (Å²) in [5, 5.41) is 7.06. The van der Waals surface area contributed by atoms with Crippen LogP contribution in [0.4, 0.5) is 5.69 Å². The fraction of sp³-hybridized carbons (Fsp3) is 0. The molecule has 11 aromatic rings. The first-order chi connectivity index (χ1) is 26.3. The Morgan fingerprint density at radius 3 is 1.30 bits per heavy atom. The Morgan fingerprint density at radius 1 is 0.321 bits per heavy atom. The van der Waals surface area contributed by atoms with Gasteiger partial charge in [0.25, 0.3) is 0 Å². The lowest BCUT2D eigenvalue weighted by molar-refractivity contribution is 1.16. The minimum Gasteiger partial charge on any atom is -0.311 e. The van der Waals surface area contributed by atoms with Crippen molar-refractivity contribution >= 4 is 71.1 Å². The third-order valence-electron chi connectivity index (χ3n) is 10.8. The van der Waals surface area contributed by atoms with E-state index < -0.39 is 0 Å². The van der Waals surface area contributed by atoms with E-state index in [1.165, 1.54) is 43.6 Å². The molecule has 0 unspecified atom stereocenters. The molecule has 0 aliphatic rings. The van der Waals surface area contributed by atoms with Crippen molar-refractivity contribution in [2.75, 3.05) is 0 Å². The van der Waals surface area contributed by atoms with E-state index in [1.807, 2.05) is 12.1 Å². The number of hydrogen-bond acceptors (Lipinski definition) is 0. The Bertz CT molecular complexity index is 3260. The summed E-state index contributed by atoms with van der Waals surface area (Å²) in [6.07, 6.45) is 0. The number of hydrogen-bond donors (Lipinski definition) is 0. The second-order valence-corrected chi connectivity index (χ2v) is 13.7. The van der Waals surface area contributed by atoms with Crippen molar-refractivity contribution in [2.45, 2.75) is 0 Å². The van der Waals surface area contributed by atoms with Crippen LogP contribution >= 0.6 is 0 Å². The second kappa shape index (κ2) is 11.3. The molecule has 3 aromatic heterocycles. The average Bonchev–Trinajstić information content (AvgIpc) is 3.86. The van der Waals surface area contributed by atoms with Crippen molar-refractivity contribution in [1.82, 2.24) is 13.7 Å². The highest BCUT2D eigenvalue weighted by Gasteiger charge is 2.18. The summed E-state index contributed by atoms with van der Waals surface area (Å²) in [5.74, 6) is 0. The first kappa shape index (κ1) is 29.4. The standard InChI is InChI=1S/C49H30N4/c1-50-42-21-12-26-48-49(42)40-20-5-9-25-46(40)53(48)35-16-11-14-33(30-35)32-13-10-15-34(29-32)51-45-24-8-4-19-39(45)41-31-36(27-28-47(41)51)52-43-22-6-2-17-37(43)38-18-3-7-23-44(38)52/h2-31H. The van der Waals surface area contributed by atoms with Gasteiger partial charge in [0.15, 0.2) is 5.69 Å². The molecule has 0 aliphatic heterocycles. The topological polar surface area (TPSA) is 19.1 Å². The molecule has 0 aliphatic carbocycles. The van der Waals surface area contributed by atoms with Crippen LogP contribution in [0.3, 0.4) is 0 Å². The fourth-order valence-corrected chi connectivity index (χ4v) is 8.60. The third kappa shape index (κ3) is 4.29. The van der Waals surface area contributed by atoms with Crippen LogP contribution in [0.15, 0.2) is 182 Å². The van der Waals surface area contributed by atoms with E-state index in [2.05, 4.69) is 188 Å². The molecule has 0 spiro atoms. The number of aromatic nitrogens is 3. The van der Waals surface area contributed by atoms with Gasteiger partial charge >= 0.3 is 0 Å². The maximum absolute atomic E-state index is 7.86. The quantitative estimate of drug-likeness (QED) is 0.166. The molecule has 0 saturated heterocycles.